The number of amides is 1. The molecule has 0 saturated carbocycles. The van der Waals surface area contributed by atoms with E-state index in [1.54, 1.807) is 24.3 Å². The van der Waals surface area contributed by atoms with Crippen LogP contribution < -0.4 is 10.6 Å². The standard InChI is InChI=1S/C14H18F2N2O3S.ClH/c1-22(20,21)8-11-4-2-3-10(5-11)7-17-13(19)12-6-14(15,16)9-18-12;/h2-5,12,18H,6-9H2,1H3,(H,17,19);1H. The zero-order chi connectivity index (χ0) is 16.4. The minimum atomic E-state index is -3.13. The van der Waals surface area contributed by atoms with Crippen molar-refractivity contribution >= 4 is 28.2 Å². The molecule has 1 aromatic carbocycles. The molecule has 9 heteroatoms. The van der Waals surface area contributed by atoms with Crippen LogP contribution >= 0.6 is 12.4 Å². The normalized spacial score (nSPS) is 19.9. The molecule has 0 aliphatic carbocycles. The van der Waals surface area contributed by atoms with E-state index in [4.69, 9.17) is 0 Å². The van der Waals surface area contributed by atoms with Crippen LogP contribution in [0.4, 0.5) is 8.78 Å². The number of nitrogens with one attached hydrogen (secondary N) is 2. The van der Waals surface area contributed by atoms with Crippen LogP contribution in [0.3, 0.4) is 0 Å². The Bertz CT molecular complexity index is 668. The zero-order valence-electron chi connectivity index (χ0n) is 12.5. The molecule has 5 nitrogen and oxygen atoms in total. The van der Waals surface area contributed by atoms with Gasteiger partial charge in [-0.15, -0.1) is 12.4 Å². The van der Waals surface area contributed by atoms with E-state index in [1.165, 1.54) is 0 Å². The average molecular weight is 369 g/mol. The number of benzene rings is 1. The molecule has 1 aliphatic rings. The Labute approximate surface area is 140 Å². The molecular weight excluding hydrogens is 350 g/mol. The highest BCUT2D eigenvalue weighted by atomic mass is 35.5. The first-order valence-corrected chi connectivity index (χ1v) is 8.85. The van der Waals surface area contributed by atoms with Crippen LogP contribution in [-0.4, -0.2) is 39.1 Å². The van der Waals surface area contributed by atoms with E-state index in [0.29, 0.717) is 5.56 Å². The van der Waals surface area contributed by atoms with Crippen molar-refractivity contribution in [3.63, 3.8) is 0 Å². The number of carbonyl (C=O) groups is 1. The van der Waals surface area contributed by atoms with Crippen molar-refractivity contribution in [2.75, 3.05) is 12.8 Å². The first-order valence-electron chi connectivity index (χ1n) is 6.79. The smallest absolute Gasteiger partial charge is 0.262 e. The molecule has 1 atom stereocenters. The molecule has 0 bridgehead atoms. The molecule has 2 N–H and O–H groups in total. The molecule has 0 spiro atoms. The summed E-state index contributed by atoms with van der Waals surface area (Å²) in [5.74, 6) is -3.41. The topological polar surface area (TPSA) is 75.3 Å². The number of carbonyl (C=O) groups excluding carboxylic acids is 1. The third-order valence-corrected chi connectivity index (χ3v) is 4.17. The van der Waals surface area contributed by atoms with Crippen LogP contribution in [0.15, 0.2) is 24.3 Å². The van der Waals surface area contributed by atoms with Crippen LogP contribution in [-0.2, 0) is 26.9 Å². The second kappa shape index (κ2) is 7.55. The van der Waals surface area contributed by atoms with Gasteiger partial charge >= 0.3 is 0 Å². The summed E-state index contributed by atoms with van der Waals surface area (Å²) in [7, 11) is -3.13. The van der Waals surface area contributed by atoms with Gasteiger partial charge in [0.2, 0.25) is 5.91 Å². The van der Waals surface area contributed by atoms with Gasteiger partial charge in [0, 0.05) is 19.2 Å². The first kappa shape index (κ1) is 19.8. The molecule has 0 aromatic heterocycles. The van der Waals surface area contributed by atoms with Gasteiger partial charge in [-0.1, -0.05) is 24.3 Å². The quantitative estimate of drug-likeness (QED) is 0.820. The summed E-state index contributed by atoms with van der Waals surface area (Å²) >= 11 is 0. The fourth-order valence-corrected chi connectivity index (χ4v) is 3.13. The van der Waals surface area contributed by atoms with Crippen molar-refractivity contribution < 1.29 is 22.0 Å². The van der Waals surface area contributed by atoms with E-state index < -0.39 is 40.7 Å². The van der Waals surface area contributed by atoms with Crippen LogP contribution in [0, 0.1) is 0 Å². The molecule has 1 aliphatic heterocycles. The molecule has 1 fully saturated rings. The summed E-state index contributed by atoms with van der Waals surface area (Å²) in [6.07, 6.45) is 0.639. The number of halogens is 3. The van der Waals surface area contributed by atoms with Crippen LogP contribution in [0.5, 0.6) is 0 Å². The minimum Gasteiger partial charge on any atom is -0.351 e. The highest BCUT2D eigenvalue weighted by molar-refractivity contribution is 7.89. The lowest BCUT2D eigenvalue weighted by atomic mass is 10.1. The predicted octanol–water partition coefficient (Wildman–Crippen LogP) is 1.27. The fourth-order valence-electron chi connectivity index (χ4n) is 2.35. The highest BCUT2D eigenvalue weighted by Crippen LogP contribution is 2.25. The van der Waals surface area contributed by atoms with Gasteiger partial charge in [0.25, 0.3) is 5.92 Å². The SMILES string of the molecule is CS(=O)(=O)Cc1cccc(CNC(=O)C2CC(F)(F)CN2)c1.Cl. The van der Waals surface area contributed by atoms with Crippen LogP contribution in [0.25, 0.3) is 0 Å². The van der Waals surface area contributed by atoms with E-state index in [1.807, 2.05) is 0 Å². The Morgan fingerprint density at radius 3 is 2.61 bits per heavy atom. The van der Waals surface area contributed by atoms with Gasteiger partial charge in [-0.3, -0.25) is 10.1 Å². The Hall–Kier alpha value is -1.25. The van der Waals surface area contributed by atoms with E-state index in [2.05, 4.69) is 10.6 Å². The minimum absolute atomic E-state index is 0. The molecule has 1 heterocycles. The maximum Gasteiger partial charge on any atom is 0.262 e. The number of sulfone groups is 1. The second-order valence-corrected chi connectivity index (χ2v) is 7.74. The van der Waals surface area contributed by atoms with E-state index in [0.717, 1.165) is 11.8 Å². The van der Waals surface area contributed by atoms with E-state index in [-0.39, 0.29) is 24.7 Å². The lowest BCUT2D eigenvalue weighted by Crippen LogP contribution is -2.40. The Kier molecular flexibility index (Phi) is 6.49. The molecule has 0 radical (unpaired) electrons. The van der Waals surface area contributed by atoms with Crippen molar-refractivity contribution in [3.05, 3.63) is 35.4 Å². The Morgan fingerprint density at radius 1 is 1.39 bits per heavy atom. The maximum absolute atomic E-state index is 13.0. The largest absolute Gasteiger partial charge is 0.351 e. The number of alkyl halides is 2. The average Bonchev–Trinajstić information content (AvgIpc) is 2.75. The van der Waals surface area contributed by atoms with Gasteiger partial charge in [-0.05, 0) is 11.1 Å². The zero-order valence-corrected chi connectivity index (χ0v) is 14.1. The lowest BCUT2D eigenvalue weighted by Gasteiger charge is -2.11. The van der Waals surface area contributed by atoms with E-state index in [9.17, 15) is 22.0 Å². The molecule has 1 saturated heterocycles. The monoisotopic (exact) mass is 368 g/mol. The van der Waals surface area contributed by atoms with Gasteiger partial charge in [0.05, 0.1) is 18.3 Å². The summed E-state index contributed by atoms with van der Waals surface area (Å²) in [5.41, 5.74) is 1.35. The molecule has 130 valence electrons. The predicted molar refractivity (Wildman–Crippen MR) is 85.4 cm³/mol. The van der Waals surface area contributed by atoms with Gasteiger partial charge in [-0.25, -0.2) is 17.2 Å². The van der Waals surface area contributed by atoms with Crippen molar-refractivity contribution in [2.24, 2.45) is 0 Å². The summed E-state index contributed by atoms with van der Waals surface area (Å²) in [6, 6.07) is 5.91. The summed E-state index contributed by atoms with van der Waals surface area (Å²) in [4.78, 5) is 11.8. The molecule has 2 rings (SSSR count). The van der Waals surface area contributed by atoms with Crippen molar-refractivity contribution in [1.82, 2.24) is 10.6 Å². The fraction of sp³-hybridized carbons (Fsp3) is 0.500. The molecule has 1 unspecified atom stereocenters. The van der Waals surface area contributed by atoms with Gasteiger partial charge < -0.3 is 5.32 Å². The number of hydrogen-bond acceptors (Lipinski definition) is 4. The second-order valence-electron chi connectivity index (χ2n) is 5.60. The van der Waals surface area contributed by atoms with Crippen molar-refractivity contribution in [1.29, 1.82) is 0 Å². The molecule has 1 aromatic rings. The highest BCUT2D eigenvalue weighted by Gasteiger charge is 2.42. The van der Waals surface area contributed by atoms with Gasteiger partial charge in [-0.2, -0.15) is 0 Å². The van der Waals surface area contributed by atoms with Crippen LogP contribution in [0.2, 0.25) is 0 Å². The third kappa shape index (κ3) is 6.40. The summed E-state index contributed by atoms with van der Waals surface area (Å²) in [5, 5.41) is 5.07. The number of rotatable bonds is 5. The third-order valence-electron chi connectivity index (χ3n) is 3.31. The van der Waals surface area contributed by atoms with Gasteiger partial charge in [0.1, 0.15) is 0 Å². The van der Waals surface area contributed by atoms with Crippen molar-refractivity contribution in [3.8, 4) is 0 Å². The Morgan fingerprint density at radius 2 is 2.04 bits per heavy atom. The molecule has 23 heavy (non-hydrogen) atoms. The molecular formula is C14H19ClF2N2O3S. The summed E-state index contributed by atoms with van der Waals surface area (Å²) < 4.78 is 48.6. The lowest BCUT2D eigenvalue weighted by molar-refractivity contribution is -0.123. The van der Waals surface area contributed by atoms with Gasteiger partial charge in [0.15, 0.2) is 9.84 Å². The molecule has 1 amide bonds. The number of hydrogen-bond donors (Lipinski definition) is 2. The maximum atomic E-state index is 13.0. The summed E-state index contributed by atoms with van der Waals surface area (Å²) in [6.45, 7) is -0.324. The first-order chi connectivity index (χ1) is 10.1. The van der Waals surface area contributed by atoms with E-state index >= 15 is 0 Å². The van der Waals surface area contributed by atoms with Crippen LogP contribution in [0.1, 0.15) is 17.5 Å². The Balaban J connectivity index is 0.00000264. The van der Waals surface area contributed by atoms with Crippen molar-refractivity contribution in [2.45, 2.75) is 30.7 Å².